The van der Waals surface area contributed by atoms with Gasteiger partial charge in [0.05, 0.1) is 5.69 Å². The number of aromatic nitrogens is 1. The molecule has 0 saturated heterocycles. The number of pyridine rings is 1. The molecule has 1 aliphatic carbocycles. The van der Waals surface area contributed by atoms with Crippen LogP contribution in [0.4, 0.5) is 5.69 Å². The fourth-order valence-corrected chi connectivity index (χ4v) is 1.85. The lowest BCUT2D eigenvalue weighted by Gasteiger charge is -2.19. The lowest BCUT2D eigenvalue weighted by Crippen LogP contribution is -2.20. The van der Waals surface area contributed by atoms with E-state index in [1.54, 1.807) is 0 Å². The zero-order valence-corrected chi connectivity index (χ0v) is 10.2. The molecule has 16 heavy (non-hydrogen) atoms. The van der Waals surface area contributed by atoms with Gasteiger partial charge in [0.2, 0.25) is 0 Å². The van der Waals surface area contributed by atoms with Gasteiger partial charge in [-0.1, -0.05) is 6.92 Å². The first-order valence-electron chi connectivity index (χ1n) is 6.16. The van der Waals surface area contributed by atoms with Crippen molar-refractivity contribution < 1.29 is 0 Å². The molecule has 1 aromatic rings. The van der Waals surface area contributed by atoms with Crippen LogP contribution in [-0.2, 0) is 6.54 Å². The van der Waals surface area contributed by atoms with E-state index < -0.39 is 0 Å². The first-order valence-corrected chi connectivity index (χ1v) is 6.16. The molecule has 1 aliphatic rings. The van der Waals surface area contributed by atoms with Crippen molar-refractivity contribution in [2.24, 2.45) is 5.92 Å². The Morgan fingerprint density at radius 2 is 2.31 bits per heavy atom. The van der Waals surface area contributed by atoms with Crippen LogP contribution in [0, 0.1) is 5.92 Å². The van der Waals surface area contributed by atoms with Crippen molar-refractivity contribution in [1.29, 1.82) is 0 Å². The molecule has 1 N–H and O–H groups in total. The SMILES string of the molecule is CCNCc1cc(N(C)CC2CC2)ccn1. The molecule has 3 heteroatoms. The molecule has 0 bridgehead atoms. The van der Waals surface area contributed by atoms with Crippen LogP contribution >= 0.6 is 0 Å². The smallest absolute Gasteiger partial charge is 0.0562 e. The number of hydrogen-bond donors (Lipinski definition) is 1. The second kappa shape index (κ2) is 5.30. The van der Waals surface area contributed by atoms with Crippen molar-refractivity contribution in [3.63, 3.8) is 0 Å². The molecule has 0 amide bonds. The Bertz CT molecular complexity index is 334. The van der Waals surface area contributed by atoms with Gasteiger partial charge in [0.25, 0.3) is 0 Å². The summed E-state index contributed by atoms with van der Waals surface area (Å²) in [5.41, 5.74) is 2.41. The van der Waals surface area contributed by atoms with Crippen LogP contribution in [0.2, 0.25) is 0 Å². The second-order valence-electron chi connectivity index (χ2n) is 4.61. The van der Waals surface area contributed by atoms with Crippen LogP contribution in [0.5, 0.6) is 0 Å². The van der Waals surface area contributed by atoms with Gasteiger partial charge in [-0.2, -0.15) is 0 Å². The summed E-state index contributed by atoms with van der Waals surface area (Å²) in [5, 5.41) is 3.30. The Morgan fingerprint density at radius 1 is 1.50 bits per heavy atom. The van der Waals surface area contributed by atoms with E-state index in [4.69, 9.17) is 0 Å². The zero-order chi connectivity index (χ0) is 11.4. The zero-order valence-electron chi connectivity index (χ0n) is 10.2. The lowest BCUT2D eigenvalue weighted by molar-refractivity contribution is 0.709. The third kappa shape index (κ3) is 3.20. The van der Waals surface area contributed by atoms with Gasteiger partial charge < -0.3 is 10.2 Å². The van der Waals surface area contributed by atoms with E-state index in [1.165, 1.54) is 25.1 Å². The van der Waals surface area contributed by atoms with E-state index in [0.717, 1.165) is 24.7 Å². The minimum Gasteiger partial charge on any atom is -0.374 e. The normalized spacial score (nSPS) is 15.1. The van der Waals surface area contributed by atoms with E-state index in [0.29, 0.717) is 0 Å². The van der Waals surface area contributed by atoms with Gasteiger partial charge in [0, 0.05) is 32.0 Å². The van der Waals surface area contributed by atoms with Crippen LogP contribution in [-0.4, -0.2) is 25.1 Å². The quantitative estimate of drug-likeness (QED) is 0.793. The highest BCUT2D eigenvalue weighted by molar-refractivity contribution is 5.45. The summed E-state index contributed by atoms with van der Waals surface area (Å²) in [7, 11) is 2.17. The summed E-state index contributed by atoms with van der Waals surface area (Å²) in [5.74, 6) is 0.926. The first kappa shape index (κ1) is 11.4. The predicted molar refractivity (Wildman–Crippen MR) is 67.6 cm³/mol. The van der Waals surface area contributed by atoms with Crippen LogP contribution in [0.25, 0.3) is 0 Å². The predicted octanol–water partition coefficient (Wildman–Crippen LogP) is 2.04. The van der Waals surface area contributed by atoms with Crippen molar-refractivity contribution in [1.82, 2.24) is 10.3 Å². The fourth-order valence-electron chi connectivity index (χ4n) is 1.85. The minimum absolute atomic E-state index is 0.863. The molecule has 1 saturated carbocycles. The van der Waals surface area contributed by atoms with Crippen LogP contribution < -0.4 is 10.2 Å². The van der Waals surface area contributed by atoms with Crippen molar-refractivity contribution in [2.45, 2.75) is 26.3 Å². The third-order valence-electron chi connectivity index (χ3n) is 3.03. The number of hydrogen-bond acceptors (Lipinski definition) is 3. The molecule has 1 fully saturated rings. The van der Waals surface area contributed by atoms with Gasteiger partial charge in [-0.3, -0.25) is 4.98 Å². The topological polar surface area (TPSA) is 28.2 Å². The Hall–Kier alpha value is -1.09. The third-order valence-corrected chi connectivity index (χ3v) is 3.03. The van der Waals surface area contributed by atoms with Crippen molar-refractivity contribution >= 4 is 5.69 Å². The maximum absolute atomic E-state index is 4.36. The summed E-state index contributed by atoms with van der Waals surface area (Å²) in [6.07, 6.45) is 4.71. The van der Waals surface area contributed by atoms with Gasteiger partial charge in [-0.05, 0) is 37.4 Å². The molecule has 0 aliphatic heterocycles. The highest BCUT2D eigenvalue weighted by atomic mass is 15.1. The molecular weight excluding hydrogens is 198 g/mol. The molecule has 88 valence electrons. The number of rotatable bonds is 6. The van der Waals surface area contributed by atoms with Gasteiger partial charge in [-0.25, -0.2) is 0 Å². The molecule has 0 spiro atoms. The number of anilines is 1. The molecular formula is C13H21N3. The van der Waals surface area contributed by atoms with E-state index in [-0.39, 0.29) is 0 Å². The largest absolute Gasteiger partial charge is 0.374 e. The summed E-state index contributed by atoms with van der Waals surface area (Å²) in [4.78, 5) is 6.71. The lowest BCUT2D eigenvalue weighted by atomic mass is 10.2. The molecule has 3 nitrogen and oxygen atoms in total. The molecule has 2 rings (SSSR count). The molecule has 0 radical (unpaired) electrons. The maximum Gasteiger partial charge on any atom is 0.0562 e. The van der Waals surface area contributed by atoms with Crippen LogP contribution in [0.1, 0.15) is 25.5 Å². The van der Waals surface area contributed by atoms with Crippen molar-refractivity contribution in [3.8, 4) is 0 Å². The summed E-state index contributed by atoms with van der Waals surface area (Å²) in [6.45, 7) is 5.15. The average molecular weight is 219 g/mol. The van der Waals surface area contributed by atoms with Crippen molar-refractivity contribution in [2.75, 3.05) is 25.0 Å². The van der Waals surface area contributed by atoms with E-state index in [2.05, 4.69) is 41.3 Å². The Kier molecular flexibility index (Phi) is 3.78. The van der Waals surface area contributed by atoms with Gasteiger partial charge in [0.15, 0.2) is 0 Å². The highest BCUT2D eigenvalue weighted by Crippen LogP contribution is 2.30. The average Bonchev–Trinajstić information content (AvgIpc) is 3.10. The standard InChI is InChI=1S/C13H21N3/c1-3-14-9-12-8-13(6-7-15-12)16(2)10-11-4-5-11/h6-8,11,14H,3-5,9-10H2,1-2H3. The molecule has 1 aromatic heterocycles. The fraction of sp³-hybridized carbons (Fsp3) is 0.615. The Balaban J connectivity index is 1.96. The van der Waals surface area contributed by atoms with Gasteiger partial charge in [0.1, 0.15) is 0 Å². The van der Waals surface area contributed by atoms with Crippen LogP contribution in [0.15, 0.2) is 18.3 Å². The second-order valence-corrected chi connectivity index (χ2v) is 4.61. The summed E-state index contributed by atoms with van der Waals surface area (Å²) in [6, 6.07) is 4.28. The van der Waals surface area contributed by atoms with Gasteiger partial charge in [-0.15, -0.1) is 0 Å². The van der Waals surface area contributed by atoms with E-state index in [9.17, 15) is 0 Å². The number of nitrogens with one attached hydrogen (secondary N) is 1. The highest BCUT2D eigenvalue weighted by Gasteiger charge is 2.22. The first-order chi connectivity index (χ1) is 7.79. The summed E-state index contributed by atoms with van der Waals surface area (Å²) < 4.78 is 0. The molecule has 0 atom stereocenters. The minimum atomic E-state index is 0.863. The van der Waals surface area contributed by atoms with Crippen molar-refractivity contribution in [3.05, 3.63) is 24.0 Å². The summed E-state index contributed by atoms with van der Waals surface area (Å²) >= 11 is 0. The molecule has 0 unspecified atom stereocenters. The van der Waals surface area contributed by atoms with Gasteiger partial charge >= 0.3 is 0 Å². The Labute approximate surface area is 97.9 Å². The number of nitrogens with zero attached hydrogens (tertiary/aromatic N) is 2. The Morgan fingerprint density at radius 3 is 3.00 bits per heavy atom. The van der Waals surface area contributed by atoms with E-state index >= 15 is 0 Å². The van der Waals surface area contributed by atoms with E-state index in [1.807, 2.05) is 6.20 Å². The molecule has 1 heterocycles. The molecule has 0 aromatic carbocycles. The monoisotopic (exact) mass is 219 g/mol. The van der Waals surface area contributed by atoms with Crippen LogP contribution in [0.3, 0.4) is 0 Å². The maximum atomic E-state index is 4.36.